The van der Waals surface area contributed by atoms with Crippen LogP contribution in [0.3, 0.4) is 0 Å². The molecule has 2 aromatic rings. The average Bonchev–Trinajstić information content (AvgIpc) is 2.92. The Hall–Kier alpha value is -1.50. The fraction of sp³-hybridized carbons (Fsp3) is 0.438. The lowest BCUT2D eigenvalue weighted by atomic mass is 9.90. The average molecular weight is 319 g/mol. The standard InChI is InChI=1S/C16H21N3O2S/c1-12-5-6-14(13-4-3-8-18-15(12)13)22(20,21)19-9-7-16(2,10-17)11-19/h3-6,8H,7,9-11,17H2,1-2H3. The van der Waals surface area contributed by atoms with Gasteiger partial charge in [-0.05, 0) is 49.1 Å². The van der Waals surface area contributed by atoms with Gasteiger partial charge in [-0.15, -0.1) is 0 Å². The van der Waals surface area contributed by atoms with Crippen molar-refractivity contribution in [1.29, 1.82) is 0 Å². The van der Waals surface area contributed by atoms with Crippen LogP contribution in [-0.4, -0.2) is 37.3 Å². The lowest BCUT2D eigenvalue weighted by molar-refractivity contribution is 0.350. The van der Waals surface area contributed by atoms with E-state index in [1.165, 1.54) is 0 Å². The number of pyridine rings is 1. The second kappa shape index (κ2) is 5.30. The van der Waals surface area contributed by atoms with Crippen molar-refractivity contribution >= 4 is 20.9 Å². The zero-order valence-corrected chi connectivity index (χ0v) is 13.7. The Kier molecular flexibility index (Phi) is 3.71. The number of nitrogens with two attached hydrogens (primary N) is 1. The first-order valence-corrected chi connectivity index (χ1v) is 8.86. The quantitative estimate of drug-likeness (QED) is 0.937. The summed E-state index contributed by atoms with van der Waals surface area (Å²) in [6.45, 7) is 5.47. The van der Waals surface area contributed by atoms with Gasteiger partial charge in [0.1, 0.15) is 0 Å². The molecule has 0 amide bonds. The van der Waals surface area contributed by atoms with E-state index in [-0.39, 0.29) is 5.41 Å². The zero-order chi connectivity index (χ0) is 16.0. The molecule has 3 rings (SSSR count). The molecule has 6 heteroatoms. The van der Waals surface area contributed by atoms with Crippen molar-refractivity contribution in [2.75, 3.05) is 19.6 Å². The highest BCUT2D eigenvalue weighted by molar-refractivity contribution is 7.89. The van der Waals surface area contributed by atoms with E-state index in [0.29, 0.717) is 29.9 Å². The second-order valence-electron chi connectivity index (χ2n) is 6.38. The predicted octanol–water partition coefficient (Wildman–Crippen LogP) is 1.90. The van der Waals surface area contributed by atoms with Gasteiger partial charge in [-0.2, -0.15) is 4.31 Å². The topological polar surface area (TPSA) is 76.3 Å². The van der Waals surface area contributed by atoms with Crippen LogP contribution in [0.25, 0.3) is 10.9 Å². The van der Waals surface area contributed by atoms with Crippen LogP contribution in [0.1, 0.15) is 18.9 Å². The lowest BCUT2D eigenvalue weighted by Crippen LogP contribution is -2.34. The molecule has 1 aliphatic rings. The molecule has 2 N–H and O–H groups in total. The van der Waals surface area contributed by atoms with Gasteiger partial charge in [0.15, 0.2) is 0 Å². The van der Waals surface area contributed by atoms with Gasteiger partial charge in [0, 0.05) is 24.7 Å². The number of aromatic nitrogens is 1. The van der Waals surface area contributed by atoms with Crippen molar-refractivity contribution in [2.24, 2.45) is 11.1 Å². The van der Waals surface area contributed by atoms with E-state index < -0.39 is 10.0 Å². The van der Waals surface area contributed by atoms with Crippen molar-refractivity contribution in [3.05, 3.63) is 36.0 Å². The van der Waals surface area contributed by atoms with Crippen LogP contribution < -0.4 is 5.73 Å². The van der Waals surface area contributed by atoms with Gasteiger partial charge in [-0.25, -0.2) is 8.42 Å². The number of benzene rings is 1. The minimum absolute atomic E-state index is 0.133. The molecule has 5 nitrogen and oxygen atoms in total. The Labute approximate surface area is 131 Å². The van der Waals surface area contributed by atoms with Crippen LogP contribution in [0.2, 0.25) is 0 Å². The second-order valence-corrected chi connectivity index (χ2v) is 8.29. The van der Waals surface area contributed by atoms with Gasteiger partial charge >= 0.3 is 0 Å². The summed E-state index contributed by atoms with van der Waals surface area (Å²) in [5, 5.41) is 0.684. The van der Waals surface area contributed by atoms with Crippen molar-refractivity contribution in [3.8, 4) is 0 Å². The third kappa shape index (κ3) is 2.41. The van der Waals surface area contributed by atoms with Crippen LogP contribution in [0.4, 0.5) is 0 Å². The summed E-state index contributed by atoms with van der Waals surface area (Å²) >= 11 is 0. The van der Waals surface area contributed by atoms with Crippen LogP contribution in [0, 0.1) is 12.3 Å². The van der Waals surface area contributed by atoms with Gasteiger partial charge < -0.3 is 5.73 Å². The van der Waals surface area contributed by atoms with Gasteiger partial charge in [0.05, 0.1) is 10.4 Å². The maximum Gasteiger partial charge on any atom is 0.243 e. The summed E-state index contributed by atoms with van der Waals surface area (Å²) in [7, 11) is -3.53. The molecule has 0 bridgehead atoms. The molecule has 1 atom stereocenters. The summed E-state index contributed by atoms with van der Waals surface area (Å²) in [6.07, 6.45) is 2.48. The van der Waals surface area contributed by atoms with Gasteiger partial charge in [0.25, 0.3) is 0 Å². The Morgan fingerprint density at radius 2 is 2.14 bits per heavy atom. The summed E-state index contributed by atoms with van der Waals surface area (Å²) in [4.78, 5) is 4.66. The summed E-state index contributed by atoms with van der Waals surface area (Å²) < 4.78 is 27.6. The number of fused-ring (bicyclic) bond motifs is 1. The lowest BCUT2D eigenvalue weighted by Gasteiger charge is -2.23. The van der Waals surface area contributed by atoms with E-state index in [1.807, 2.05) is 26.0 Å². The third-order valence-corrected chi connectivity index (χ3v) is 6.47. The molecule has 2 heterocycles. The first-order chi connectivity index (χ1) is 10.4. The van der Waals surface area contributed by atoms with Crippen molar-refractivity contribution in [1.82, 2.24) is 9.29 Å². The number of hydrogen-bond donors (Lipinski definition) is 1. The van der Waals surface area contributed by atoms with E-state index in [1.54, 1.807) is 22.6 Å². The number of aryl methyl sites for hydroxylation is 1. The van der Waals surface area contributed by atoms with Gasteiger partial charge in [0.2, 0.25) is 10.0 Å². The molecule has 1 fully saturated rings. The Morgan fingerprint density at radius 1 is 1.36 bits per heavy atom. The molecule has 1 aromatic carbocycles. The predicted molar refractivity (Wildman–Crippen MR) is 87.0 cm³/mol. The molecule has 1 aromatic heterocycles. The van der Waals surface area contributed by atoms with Crippen LogP contribution in [0.5, 0.6) is 0 Å². The third-order valence-electron chi connectivity index (χ3n) is 4.56. The minimum Gasteiger partial charge on any atom is -0.330 e. The molecule has 1 unspecified atom stereocenters. The Bertz CT molecular complexity index is 819. The Balaban J connectivity index is 2.10. The van der Waals surface area contributed by atoms with Gasteiger partial charge in [-0.1, -0.05) is 13.0 Å². The highest BCUT2D eigenvalue weighted by atomic mass is 32.2. The maximum atomic E-state index is 13.0. The van der Waals surface area contributed by atoms with Crippen LogP contribution >= 0.6 is 0 Å². The highest BCUT2D eigenvalue weighted by Crippen LogP contribution is 2.34. The van der Waals surface area contributed by atoms with E-state index in [9.17, 15) is 8.42 Å². The molecule has 22 heavy (non-hydrogen) atoms. The number of rotatable bonds is 3. The molecule has 0 aliphatic carbocycles. The van der Waals surface area contributed by atoms with Gasteiger partial charge in [-0.3, -0.25) is 4.98 Å². The van der Waals surface area contributed by atoms with E-state index in [4.69, 9.17) is 5.73 Å². The summed E-state index contributed by atoms with van der Waals surface area (Å²) in [5.41, 5.74) is 7.37. The normalized spacial score (nSPS) is 23.2. The Morgan fingerprint density at radius 3 is 2.82 bits per heavy atom. The highest BCUT2D eigenvalue weighted by Gasteiger charge is 2.39. The minimum atomic E-state index is -3.53. The van der Waals surface area contributed by atoms with Crippen molar-refractivity contribution in [3.63, 3.8) is 0 Å². The van der Waals surface area contributed by atoms with E-state index in [2.05, 4.69) is 4.98 Å². The first-order valence-electron chi connectivity index (χ1n) is 7.42. The van der Waals surface area contributed by atoms with Crippen molar-refractivity contribution in [2.45, 2.75) is 25.2 Å². The molecule has 0 radical (unpaired) electrons. The fourth-order valence-electron chi connectivity index (χ4n) is 3.00. The zero-order valence-electron chi connectivity index (χ0n) is 12.9. The maximum absolute atomic E-state index is 13.0. The van der Waals surface area contributed by atoms with Crippen LogP contribution in [0.15, 0.2) is 35.4 Å². The SMILES string of the molecule is Cc1ccc(S(=O)(=O)N2CCC(C)(CN)C2)c2cccnc12. The van der Waals surface area contributed by atoms with E-state index in [0.717, 1.165) is 17.5 Å². The molecule has 1 aliphatic heterocycles. The molecular weight excluding hydrogens is 298 g/mol. The smallest absolute Gasteiger partial charge is 0.243 e. The molecule has 0 spiro atoms. The van der Waals surface area contributed by atoms with Crippen LogP contribution in [-0.2, 0) is 10.0 Å². The summed E-state index contributed by atoms with van der Waals surface area (Å²) in [5.74, 6) is 0. The molecular formula is C16H21N3O2S. The number of sulfonamides is 1. The summed E-state index contributed by atoms with van der Waals surface area (Å²) in [6, 6.07) is 7.10. The number of hydrogen-bond acceptors (Lipinski definition) is 4. The molecule has 1 saturated heterocycles. The largest absolute Gasteiger partial charge is 0.330 e. The van der Waals surface area contributed by atoms with Crippen molar-refractivity contribution < 1.29 is 8.42 Å². The fourth-order valence-corrected chi connectivity index (χ4v) is 4.78. The first kappa shape index (κ1) is 15.4. The number of nitrogens with zero attached hydrogens (tertiary/aromatic N) is 2. The molecule has 118 valence electrons. The van der Waals surface area contributed by atoms with E-state index >= 15 is 0 Å². The molecule has 0 saturated carbocycles. The monoisotopic (exact) mass is 319 g/mol.